The molecule has 31 heavy (non-hydrogen) atoms. The van der Waals surface area contributed by atoms with E-state index in [9.17, 15) is 9.59 Å². The minimum Gasteiger partial charge on any atom is -0.333 e. The van der Waals surface area contributed by atoms with Gasteiger partial charge in [-0.05, 0) is 55.0 Å². The Balaban J connectivity index is 1.57. The lowest BCUT2D eigenvalue weighted by Crippen LogP contribution is -2.48. The first-order valence-corrected chi connectivity index (χ1v) is 10.6. The fraction of sp³-hybridized carbons (Fsp3) is 0.348. The van der Waals surface area contributed by atoms with E-state index >= 15 is 0 Å². The van der Waals surface area contributed by atoms with Gasteiger partial charge in [0.1, 0.15) is 0 Å². The van der Waals surface area contributed by atoms with E-state index in [1.165, 1.54) is 0 Å². The van der Waals surface area contributed by atoms with Gasteiger partial charge in [-0.3, -0.25) is 14.8 Å². The zero-order chi connectivity index (χ0) is 21.8. The fourth-order valence-electron chi connectivity index (χ4n) is 4.07. The number of nitrogens with two attached hydrogens (primary N) is 1. The highest BCUT2D eigenvalue weighted by Crippen LogP contribution is 2.29. The van der Waals surface area contributed by atoms with Gasteiger partial charge < -0.3 is 15.6 Å². The molecule has 0 radical (unpaired) electrons. The molecule has 1 saturated carbocycles. The summed E-state index contributed by atoms with van der Waals surface area (Å²) >= 11 is 0. The number of H-pyrrole nitrogens is 1. The van der Waals surface area contributed by atoms with Gasteiger partial charge in [-0.1, -0.05) is 12.1 Å². The standard InChI is InChI=1S/C23H28N6O2/c1-28-15-18(4-11-22(28)30)17-2-7-20(8-3-17)29(21-9-5-19(24)6-10-21)23(31)25-12-16-13-26-27-14-16/h2-4,7-8,11,13-15,19,21H,5-6,9-10,12,24H2,1H3,(H,25,31)(H,26,27). The summed E-state index contributed by atoms with van der Waals surface area (Å²) in [5, 5.41) is 9.70. The molecule has 2 amide bonds. The molecule has 1 aromatic carbocycles. The number of anilines is 1. The number of aromatic amines is 1. The Morgan fingerprint density at radius 2 is 1.87 bits per heavy atom. The normalized spacial score (nSPS) is 18.5. The first kappa shape index (κ1) is 20.9. The number of benzene rings is 1. The van der Waals surface area contributed by atoms with Crippen LogP contribution in [0.4, 0.5) is 10.5 Å². The summed E-state index contributed by atoms with van der Waals surface area (Å²) < 4.78 is 1.56. The summed E-state index contributed by atoms with van der Waals surface area (Å²) in [4.78, 5) is 26.7. The van der Waals surface area contributed by atoms with Crippen LogP contribution in [0.3, 0.4) is 0 Å². The Morgan fingerprint density at radius 3 is 2.52 bits per heavy atom. The summed E-state index contributed by atoms with van der Waals surface area (Å²) in [6.45, 7) is 0.411. The van der Waals surface area contributed by atoms with Crippen molar-refractivity contribution < 1.29 is 4.79 Å². The maximum Gasteiger partial charge on any atom is 0.322 e. The number of rotatable bonds is 5. The second-order valence-corrected chi connectivity index (χ2v) is 8.12. The molecule has 8 nitrogen and oxygen atoms in total. The molecule has 1 fully saturated rings. The van der Waals surface area contributed by atoms with Crippen molar-refractivity contribution in [3.63, 3.8) is 0 Å². The van der Waals surface area contributed by atoms with Crippen LogP contribution in [-0.2, 0) is 13.6 Å². The van der Waals surface area contributed by atoms with Crippen LogP contribution >= 0.6 is 0 Å². The van der Waals surface area contributed by atoms with Gasteiger partial charge in [-0.15, -0.1) is 0 Å². The van der Waals surface area contributed by atoms with Gasteiger partial charge in [0.25, 0.3) is 0 Å². The van der Waals surface area contributed by atoms with Gasteiger partial charge in [0.15, 0.2) is 0 Å². The molecule has 1 aliphatic rings. The van der Waals surface area contributed by atoms with Gasteiger partial charge in [0, 0.05) is 55.4 Å². The van der Waals surface area contributed by atoms with Crippen molar-refractivity contribution >= 4 is 11.7 Å². The molecule has 0 saturated heterocycles. The number of hydrogen-bond donors (Lipinski definition) is 3. The number of amides is 2. The number of nitrogens with zero attached hydrogens (tertiary/aromatic N) is 3. The molecule has 4 rings (SSSR count). The molecule has 162 valence electrons. The average Bonchev–Trinajstić information content (AvgIpc) is 3.30. The van der Waals surface area contributed by atoms with Crippen LogP contribution in [0, 0.1) is 0 Å². The Kier molecular flexibility index (Phi) is 6.18. The van der Waals surface area contributed by atoms with E-state index in [0.717, 1.165) is 48.1 Å². The van der Waals surface area contributed by atoms with E-state index in [-0.39, 0.29) is 23.7 Å². The fourth-order valence-corrected chi connectivity index (χ4v) is 4.07. The van der Waals surface area contributed by atoms with Crippen molar-refractivity contribution in [1.29, 1.82) is 0 Å². The Bertz CT molecular complexity index is 1070. The van der Waals surface area contributed by atoms with Crippen LogP contribution < -0.4 is 21.5 Å². The molecule has 2 aromatic heterocycles. The maximum absolute atomic E-state index is 13.2. The van der Waals surface area contributed by atoms with Crippen molar-refractivity contribution in [3.8, 4) is 11.1 Å². The number of aryl methyl sites for hydroxylation is 1. The van der Waals surface area contributed by atoms with Gasteiger partial charge in [0.05, 0.1) is 6.20 Å². The van der Waals surface area contributed by atoms with Crippen LogP contribution in [0.2, 0.25) is 0 Å². The lowest BCUT2D eigenvalue weighted by molar-refractivity contribution is 0.240. The van der Waals surface area contributed by atoms with Crippen LogP contribution in [0.5, 0.6) is 0 Å². The maximum atomic E-state index is 13.2. The highest BCUT2D eigenvalue weighted by atomic mass is 16.2. The van der Waals surface area contributed by atoms with Gasteiger partial charge in [-0.2, -0.15) is 5.10 Å². The molecular weight excluding hydrogens is 392 g/mol. The second kappa shape index (κ2) is 9.18. The highest BCUT2D eigenvalue weighted by Gasteiger charge is 2.29. The van der Waals surface area contributed by atoms with Crippen molar-refractivity contribution in [1.82, 2.24) is 20.1 Å². The lowest BCUT2D eigenvalue weighted by atomic mass is 9.90. The molecular formula is C23H28N6O2. The van der Waals surface area contributed by atoms with Crippen molar-refractivity contribution in [2.45, 2.75) is 44.3 Å². The largest absolute Gasteiger partial charge is 0.333 e. The number of nitrogens with one attached hydrogen (secondary N) is 2. The minimum atomic E-state index is -0.128. The number of aromatic nitrogens is 3. The number of urea groups is 1. The summed E-state index contributed by atoms with van der Waals surface area (Å²) in [6.07, 6.45) is 8.86. The van der Waals surface area contributed by atoms with E-state index in [2.05, 4.69) is 15.5 Å². The molecule has 0 atom stereocenters. The summed E-state index contributed by atoms with van der Waals surface area (Å²) in [6, 6.07) is 11.5. The van der Waals surface area contributed by atoms with E-state index in [0.29, 0.717) is 6.54 Å². The monoisotopic (exact) mass is 420 g/mol. The number of pyridine rings is 1. The molecule has 3 aromatic rings. The number of carbonyl (C=O) groups excluding carboxylic acids is 1. The quantitative estimate of drug-likeness (QED) is 0.590. The van der Waals surface area contributed by atoms with Crippen LogP contribution in [-0.4, -0.2) is 32.9 Å². The zero-order valence-corrected chi connectivity index (χ0v) is 17.6. The van der Waals surface area contributed by atoms with E-state index in [1.54, 1.807) is 30.1 Å². The molecule has 1 aliphatic carbocycles. The van der Waals surface area contributed by atoms with Crippen LogP contribution in [0.1, 0.15) is 31.2 Å². The third kappa shape index (κ3) is 4.86. The molecule has 2 heterocycles. The third-order valence-corrected chi connectivity index (χ3v) is 5.89. The average molecular weight is 421 g/mol. The zero-order valence-electron chi connectivity index (χ0n) is 17.6. The number of hydrogen-bond acceptors (Lipinski definition) is 4. The molecule has 4 N–H and O–H groups in total. The van der Waals surface area contributed by atoms with Crippen molar-refractivity contribution in [2.75, 3.05) is 4.90 Å². The predicted octanol–water partition coefficient (Wildman–Crippen LogP) is 2.76. The van der Waals surface area contributed by atoms with Crippen molar-refractivity contribution in [2.24, 2.45) is 12.8 Å². The highest BCUT2D eigenvalue weighted by molar-refractivity contribution is 5.93. The van der Waals surface area contributed by atoms with E-state index < -0.39 is 0 Å². The van der Waals surface area contributed by atoms with Crippen LogP contribution in [0.15, 0.2) is 59.8 Å². The first-order valence-electron chi connectivity index (χ1n) is 10.6. The SMILES string of the molecule is Cn1cc(-c2ccc(N(C(=O)NCc3cn[nH]c3)C3CCC(N)CC3)cc2)ccc1=O. The predicted molar refractivity (Wildman–Crippen MR) is 121 cm³/mol. The van der Waals surface area contributed by atoms with E-state index in [4.69, 9.17) is 5.73 Å². The Morgan fingerprint density at radius 1 is 1.16 bits per heavy atom. The van der Waals surface area contributed by atoms with Crippen molar-refractivity contribution in [3.05, 3.63) is 70.9 Å². The first-order chi connectivity index (χ1) is 15.0. The van der Waals surface area contributed by atoms with E-state index in [1.807, 2.05) is 41.4 Å². The topological polar surface area (TPSA) is 109 Å². The molecule has 0 unspecified atom stereocenters. The Hall–Kier alpha value is -3.39. The smallest absolute Gasteiger partial charge is 0.322 e. The molecule has 8 heteroatoms. The summed E-state index contributed by atoms with van der Waals surface area (Å²) in [7, 11) is 1.74. The van der Waals surface area contributed by atoms with Gasteiger partial charge in [0.2, 0.25) is 5.56 Å². The second-order valence-electron chi connectivity index (χ2n) is 8.12. The summed E-state index contributed by atoms with van der Waals surface area (Å²) in [5.74, 6) is 0. The van der Waals surface area contributed by atoms with Gasteiger partial charge in [-0.25, -0.2) is 4.79 Å². The van der Waals surface area contributed by atoms with Gasteiger partial charge >= 0.3 is 6.03 Å². The Labute approximate surface area is 181 Å². The third-order valence-electron chi connectivity index (χ3n) is 5.89. The summed E-state index contributed by atoms with van der Waals surface area (Å²) in [5.41, 5.74) is 9.75. The minimum absolute atomic E-state index is 0.0451. The number of carbonyl (C=O) groups is 1. The lowest BCUT2D eigenvalue weighted by Gasteiger charge is -2.36. The molecule has 0 aliphatic heterocycles. The molecule has 0 spiro atoms. The molecule has 0 bridgehead atoms. The van der Waals surface area contributed by atoms with Crippen LogP contribution in [0.25, 0.3) is 11.1 Å².